The summed E-state index contributed by atoms with van der Waals surface area (Å²) in [6.07, 6.45) is -0.143. The molecule has 7 nitrogen and oxygen atoms in total. The van der Waals surface area contributed by atoms with Crippen LogP contribution in [0.4, 0.5) is 10.5 Å². The van der Waals surface area contributed by atoms with Crippen LogP contribution in [0.15, 0.2) is 24.3 Å². The molecule has 1 aromatic rings. The fourth-order valence-electron chi connectivity index (χ4n) is 3.38. The average Bonchev–Trinajstić information content (AvgIpc) is 2.90. The van der Waals surface area contributed by atoms with Crippen LogP contribution in [-0.4, -0.2) is 61.6 Å². The number of hydrogen-bond acceptors (Lipinski definition) is 4. The lowest BCUT2D eigenvalue weighted by Crippen LogP contribution is -3.19. The number of carbonyl (C=O) groups excluding carboxylic acids is 3. The number of ether oxygens (including phenoxy) is 1. The number of nitrogens with one attached hydrogen (secondary N) is 1. The Hall–Kier alpha value is -2.12. The zero-order valence-corrected chi connectivity index (χ0v) is 14.8. The number of amides is 3. The highest BCUT2D eigenvalue weighted by Gasteiger charge is 2.46. The molecule has 0 unspecified atom stereocenters. The van der Waals surface area contributed by atoms with E-state index in [-0.39, 0.29) is 24.3 Å². The zero-order chi connectivity index (χ0) is 18.0. The summed E-state index contributed by atoms with van der Waals surface area (Å²) in [5.41, 5.74) is 0.509. The Labute approximate surface area is 151 Å². The van der Waals surface area contributed by atoms with Crippen LogP contribution < -0.4 is 9.80 Å². The summed E-state index contributed by atoms with van der Waals surface area (Å²) in [7, 11) is 0. The molecule has 0 aliphatic carbocycles. The van der Waals surface area contributed by atoms with Crippen LogP contribution in [0.5, 0.6) is 0 Å². The molecule has 134 valence electrons. The topological polar surface area (TPSA) is 71.4 Å². The molecular weight excluding hydrogens is 346 g/mol. The molecule has 2 fully saturated rings. The van der Waals surface area contributed by atoms with Crippen LogP contribution in [0.25, 0.3) is 0 Å². The summed E-state index contributed by atoms with van der Waals surface area (Å²) in [5, 5.41) is 0.483. The molecule has 1 N–H and O–H groups in total. The molecule has 8 heteroatoms. The highest BCUT2D eigenvalue weighted by Crippen LogP contribution is 2.24. The van der Waals surface area contributed by atoms with Gasteiger partial charge in [0.1, 0.15) is 0 Å². The van der Waals surface area contributed by atoms with Gasteiger partial charge in [-0.25, -0.2) is 9.69 Å². The summed E-state index contributed by atoms with van der Waals surface area (Å²) in [5.74, 6) is -0.413. The fraction of sp³-hybridized carbons (Fsp3) is 0.471. The van der Waals surface area contributed by atoms with Gasteiger partial charge in [-0.2, -0.15) is 0 Å². The van der Waals surface area contributed by atoms with Gasteiger partial charge in [-0.3, -0.25) is 14.5 Å². The van der Waals surface area contributed by atoms with Gasteiger partial charge >= 0.3 is 6.09 Å². The van der Waals surface area contributed by atoms with E-state index in [2.05, 4.69) is 0 Å². The molecule has 2 aliphatic heterocycles. The Morgan fingerprint density at radius 3 is 2.68 bits per heavy atom. The van der Waals surface area contributed by atoms with Crippen molar-refractivity contribution in [2.45, 2.75) is 19.4 Å². The second-order valence-corrected chi connectivity index (χ2v) is 6.58. The van der Waals surface area contributed by atoms with Gasteiger partial charge in [0, 0.05) is 5.02 Å². The van der Waals surface area contributed by atoms with Crippen molar-refractivity contribution < 1.29 is 24.0 Å². The summed E-state index contributed by atoms with van der Waals surface area (Å²) in [4.78, 5) is 40.8. The number of benzene rings is 1. The minimum atomic E-state index is -0.407. The smallest absolute Gasteiger partial charge is 0.410 e. The van der Waals surface area contributed by atoms with Gasteiger partial charge in [-0.15, -0.1) is 0 Å². The standard InChI is InChI=1S/C17H20ClN3O4/c1-2-25-17(24)20-8-6-19(7-9-20)14-11-15(22)21(16(14)23)13-5-3-4-12(18)10-13/h3-5,10,14H,2,6-9,11H2,1H3/p+1/t14-/m1/s1. The number of halogens is 1. The third-order valence-electron chi connectivity index (χ3n) is 4.64. The molecule has 2 aliphatic rings. The third-order valence-corrected chi connectivity index (χ3v) is 4.87. The summed E-state index contributed by atoms with van der Waals surface area (Å²) in [6, 6.07) is 6.34. The Balaban J connectivity index is 1.66. The van der Waals surface area contributed by atoms with Crippen LogP contribution >= 0.6 is 11.6 Å². The maximum atomic E-state index is 12.8. The van der Waals surface area contributed by atoms with Crippen molar-refractivity contribution in [2.24, 2.45) is 0 Å². The molecule has 3 amide bonds. The quantitative estimate of drug-likeness (QED) is 0.783. The van der Waals surface area contributed by atoms with Gasteiger partial charge in [-0.05, 0) is 25.1 Å². The first-order valence-electron chi connectivity index (χ1n) is 8.40. The molecule has 3 rings (SSSR count). The number of nitrogens with zero attached hydrogens (tertiary/aromatic N) is 2. The van der Waals surface area contributed by atoms with E-state index in [1.54, 1.807) is 36.1 Å². The van der Waals surface area contributed by atoms with Crippen molar-refractivity contribution in [3.63, 3.8) is 0 Å². The molecule has 1 aromatic carbocycles. The molecule has 0 spiro atoms. The highest BCUT2D eigenvalue weighted by molar-refractivity contribution is 6.31. The second-order valence-electron chi connectivity index (χ2n) is 6.15. The normalized spacial score (nSPS) is 21.8. The van der Waals surface area contributed by atoms with Crippen LogP contribution in [0.1, 0.15) is 13.3 Å². The first-order chi connectivity index (χ1) is 12.0. The van der Waals surface area contributed by atoms with E-state index in [1.807, 2.05) is 0 Å². The summed E-state index contributed by atoms with van der Waals surface area (Å²) < 4.78 is 5.00. The molecule has 0 aromatic heterocycles. The molecule has 1 atom stereocenters. The highest BCUT2D eigenvalue weighted by atomic mass is 35.5. The predicted molar refractivity (Wildman–Crippen MR) is 91.6 cm³/mol. The number of carbonyl (C=O) groups is 3. The van der Waals surface area contributed by atoms with E-state index in [0.29, 0.717) is 43.5 Å². The Bertz CT molecular complexity index is 688. The number of hydrogen-bond donors (Lipinski definition) is 1. The first-order valence-corrected chi connectivity index (χ1v) is 8.77. The van der Waals surface area contributed by atoms with E-state index >= 15 is 0 Å². The van der Waals surface area contributed by atoms with Gasteiger partial charge in [0.25, 0.3) is 5.91 Å². The Kier molecular flexibility index (Phi) is 5.24. The van der Waals surface area contributed by atoms with Crippen LogP contribution in [0, 0.1) is 0 Å². The van der Waals surface area contributed by atoms with Crippen molar-refractivity contribution in [1.29, 1.82) is 0 Å². The third kappa shape index (κ3) is 3.62. The van der Waals surface area contributed by atoms with Crippen LogP contribution in [0.3, 0.4) is 0 Å². The monoisotopic (exact) mass is 366 g/mol. The predicted octanol–water partition coefficient (Wildman–Crippen LogP) is 0.329. The maximum absolute atomic E-state index is 12.8. The molecule has 25 heavy (non-hydrogen) atoms. The lowest BCUT2D eigenvalue weighted by Gasteiger charge is -2.33. The largest absolute Gasteiger partial charge is 0.450 e. The zero-order valence-electron chi connectivity index (χ0n) is 14.0. The Morgan fingerprint density at radius 1 is 1.32 bits per heavy atom. The van der Waals surface area contributed by atoms with E-state index in [4.69, 9.17) is 16.3 Å². The van der Waals surface area contributed by atoms with Gasteiger partial charge < -0.3 is 9.64 Å². The van der Waals surface area contributed by atoms with Crippen LogP contribution in [0.2, 0.25) is 5.02 Å². The van der Waals surface area contributed by atoms with E-state index in [0.717, 1.165) is 4.90 Å². The number of anilines is 1. The van der Waals surface area contributed by atoms with E-state index in [9.17, 15) is 14.4 Å². The van der Waals surface area contributed by atoms with Crippen molar-refractivity contribution in [3.8, 4) is 0 Å². The van der Waals surface area contributed by atoms with Gasteiger partial charge in [0.2, 0.25) is 5.91 Å². The molecule has 2 saturated heterocycles. The molecule has 2 heterocycles. The number of imide groups is 1. The van der Waals surface area contributed by atoms with Crippen molar-refractivity contribution in [3.05, 3.63) is 29.3 Å². The van der Waals surface area contributed by atoms with Crippen molar-refractivity contribution in [1.82, 2.24) is 4.90 Å². The Morgan fingerprint density at radius 2 is 2.04 bits per heavy atom. The minimum absolute atomic E-state index is 0.181. The van der Waals surface area contributed by atoms with Gasteiger partial charge in [0.15, 0.2) is 6.04 Å². The summed E-state index contributed by atoms with van der Waals surface area (Å²) in [6.45, 7) is 4.38. The maximum Gasteiger partial charge on any atom is 0.410 e. The summed E-state index contributed by atoms with van der Waals surface area (Å²) >= 11 is 5.97. The first kappa shape index (κ1) is 17.7. The molecule has 0 bridgehead atoms. The molecular formula is C17H21ClN3O4+. The molecule has 0 radical (unpaired) electrons. The van der Waals surface area contributed by atoms with Gasteiger partial charge in [-0.1, -0.05) is 17.7 Å². The lowest BCUT2D eigenvalue weighted by atomic mass is 10.2. The average molecular weight is 367 g/mol. The van der Waals surface area contributed by atoms with Crippen LogP contribution in [-0.2, 0) is 14.3 Å². The van der Waals surface area contributed by atoms with E-state index < -0.39 is 6.04 Å². The van der Waals surface area contributed by atoms with E-state index in [1.165, 1.54) is 4.90 Å². The number of rotatable bonds is 3. The van der Waals surface area contributed by atoms with Crippen molar-refractivity contribution in [2.75, 3.05) is 37.7 Å². The van der Waals surface area contributed by atoms with Crippen molar-refractivity contribution >= 4 is 35.2 Å². The molecule has 0 saturated carbocycles. The fourth-order valence-corrected chi connectivity index (χ4v) is 3.56. The lowest BCUT2D eigenvalue weighted by molar-refractivity contribution is -0.918. The number of quaternary nitrogens is 1. The SMILES string of the molecule is CCOC(=O)N1CC[NH+]([C@@H]2CC(=O)N(c3cccc(Cl)c3)C2=O)CC1. The second kappa shape index (κ2) is 7.41. The number of piperazine rings is 1. The minimum Gasteiger partial charge on any atom is -0.450 e. The van der Waals surface area contributed by atoms with Gasteiger partial charge in [0.05, 0.1) is 44.9 Å².